The molecule has 2 heterocycles. The maximum atomic E-state index is 12.9. The highest BCUT2D eigenvalue weighted by atomic mass is 16.5. The third-order valence-electron chi connectivity index (χ3n) is 6.82. The van der Waals surface area contributed by atoms with Gasteiger partial charge in [-0.3, -0.25) is 14.6 Å². The Morgan fingerprint density at radius 2 is 1.72 bits per heavy atom. The molecule has 0 bridgehead atoms. The first kappa shape index (κ1) is 27.3. The number of carbonyl (C=O) groups is 1. The Hall–Kier alpha value is -3.25. The lowest BCUT2D eigenvalue weighted by molar-refractivity contribution is -0.141. The van der Waals surface area contributed by atoms with Gasteiger partial charge in [-0.25, -0.2) is 0 Å². The van der Waals surface area contributed by atoms with Crippen molar-refractivity contribution in [2.24, 2.45) is 5.92 Å². The number of rotatable bonds is 10. The summed E-state index contributed by atoms with van der Waals surface area (Å²) in [5.41, 5.74) is 7.51. The second kappa shape index (κ2) is 12.1. The quantitative estimate of drug-likeness (QED) is 0.374. The minimum Gasteiger partial charge on any atom is -0.469 e. The van der Waals surface area contributed by atoms with Crippen molar-refractivity contribution in [1.82, 2.24) is 14.9 Å². The first-order valence-corrected chi connectivity index (χ1v) is 12.6. The van der Waals surface area contributed by atoms with Crippen LogP contribution < -0.4 is 10.9 Å². The van der Waals surface area contributed by atoms with Crippen LogP contribution in [0.3, 0.4) is 0 Å². The van der Waals surface area contributed by atoms with Gasteiger partial charge in [0.05, 0.1) is 13.5 Å². The van der Waals surface area contributed by atoms with E-state index < -0.39 is 0 Å². The maximum absolute atomic E-state index is 12.9. The molecule has 0 aliphatic heterocycles. The molecule has 0 aliphatic carbocycles. The van der Waals surface area contributed by atoms with Gasteiger partial charge < -0.3 is 14.6 Å². The number of ether oxygens (including phenoxy) is 1. The number of nitrogens with zero attached hydrogens (tertiary/aromatic N) is 2. The van der Waals surface area contributed by atoms with Gasteiger partial charge in [0, 0.05) is 48.8 Å². The molecule has 0 fully saturated rings. The van der Waals surface area contributed by atoms with Crippen LogP contribution >= 0.6 is 0 Å². The zero-order valence-corrected chi connectivity index (χ0v) is 22.6. The fraction of sp³-hybridized carbons (Fsp3) is 0.433. The lowest BCUT2D eigenvalue weighted by atomic mass is 9.94. The van der Waals surface area contributed by atoms with Gasteiger partial charge >= 0.3 is 5.97 Å². The van der Waals surface area contributed by atoms with Crippen molar-refractivity contribution in [1.29, 1.82) is 0 Å². The van der Waals surface area contributed by atoms with E-state index in [1.165, 1.54) is 18.2 Å². The molecule has 0 aliphatic rings. The number of carbonyl (C=O) groups excluding carboxylic acids is 1. The smallest absolute Gasteiger partial charge is 0.307 e. The Balaban J connectivity index is 1.95. The molecule has 3 rings (SSSR count). The van der Waals surface area contributed by atoms with Crippen molar-refractivity contribution in [3.63, 3.8) is 0 Å². The Morgan fingerprint density at radius 3 is 2.36 bits per heavy atom. The third-order valence-corrected chi connectivity index (χ3v) is 6.82. The second-order valence-corrected chi connectivity index (χ2v) is 10.2. The lowest BCUT2D eigenvalue weighted by Gasteiger charge is -2.26. The minimum absolute atomic E-state index is 0.00578. The predicted octanol–water partition coefficient (Wildman–Crippen LogP) is 5.63. The van der Waals surface area contributed by atoms with Gasteiger partial charge in [0.15, 0.2) is 0 Å². The van der Waals surface area contributed by atoms with Crippen LogP contribution in [-0.2, 0) is 9.53 Å². The average molecular weight is 490 g/mol. The summed E-state index contributed by atoms with van der Waals surface area (Å²) in [6.07, 6.45) is 6.62. The first-order chi connectivity index (χ1) is 17.1. The van der Waals surface area contributed by atoms with Gasteiger partial charge in [-0.05, 0) is 79.5 Å². The summed E-state index contributed by atoms with van der Waals surface area (Å²) in [6, 6.07) is 9.69. The van der Waals surface area contributed by atoms with E-state index in [9.17, 15) is 9.59 Å². The van der Waals surface area contributed by atoms with Gasteiger partial charge in [0.1, 0.15) is 0 Å². The number of hydrogen-bond donors (Lipinski definition) is 1. The zero-order valence-electron chi connectivity index (χ0n) is 22.6. The number of aromatic nitrogens is 2. The van der Waals surface area contributed by atoms with Gasteiger partial charge in [-0.1, -0.05) is 32.0 Å². The monoisotopic (exact) mass is 489 g/mol. The first-order valence-electron chi connectivity index (χ1n) is 12.6. The normalized spacial score (nSPS) is 13.0. The summed E-state index contributed by atoms with van der Waals surface area (Å²) in [5.74, 6) is 0.104. The van der Waals surface area contributed by atoms with E-state index in [1.54, 1.807) is 12.3 Å². The molecule has 0 radical (unpaired) electrons. The molecule has 3 aromatic rings. The van der Waals surface area contributed by atoms with Crippen LogP contribution in [0.4, 0.5) is 0 Å². The number of benzene rings is 1. The fourth-order valence-corrected chi connectivity index (χ4v) is 4.76. The number of nitrogens with one attached hydrogen (secondary N) is 1. The van der Waals surface area contributed by atoms with E-state index in [-0.39, 0.29) is 30.0 Å². The molecule has 36 heavy (non-hydrogen) atoms. The zero-order chi connectivity index (χ0) is 26.4. The largest absolute Gasteiger partial charge is 0.469 e. The molecule has 2 atom stereocenters. The van der Waals surface area contributed by atoms with Crippen LogP contribution in [0, 0.1) is 33.6 Å². The van der Waals surface area contributed by atoms with Crippen LogP contribution in [0.15, 0.2) is 53.7 Å². The standard InChI is InChI=1S/C30H39N3O3/c1-19(2)11-26(33-18-23(6)22(5)12-28(33)34)17-32-27(14-29(35)36-7)24-13-25(16-31-15-24)30-20(3)9-8-10-21(30)4/h8-10,12-13,15-16,18-19,26-27,32H,11,14,17H2,1-7H3/t26-,27-/m0/s1. The number of methoxy groups -OCH3 is 1. The SMILES string of the molecule is COC(=O)C[C@H](NC[C@H](CC(C)C)n1cc(C)c(C)cc1=O)c1cncc(-c2c(C)cccc2C)c1. The third kappa shape index (κ3) is 6.70. The molecule has 2 aromatic heterocycles. The van der Waals surface area contributed by atoms with Crippen molar-refractivity contribution >= 4 is 5.97 Å². The summed E-state index contributed by atoms with van der Waals surface area (Å²) < 4.78 is 6.83. The van der Waals surface area contributed by atoms with Crippen LogP contribution in [-0.4, -0.2) is 29.2 Å². The Morgan fingerprint density at radius 1 is 1.03 bits per heavy atom. The topological polar surface area (TPSA) is 73.2 Å². The van der Waals surface area contributed by atoms with E-state index in [1.807, 2.05) is 30.8 Å². The van der Waals surface area contributed by atoms with Gasteiger partial charge in [0.2, 0.25) is 0 Å². The number of esters is 1. The van der Waals surface area contributed by atoms with Crippen LogP contribution in [0.1, 0.15) is 66.6 Å². The van der Waals surface area contributed by atoms with Crippen molar-refractivity contribution in [3.8, 4) is 11.1 Å². The van der Waals surface area contributed by atoms with Gasteiger partial charge in [-0.2, -0.15) is 0 Å². The minimum atomic E-state index is -0.300. The number of hydrogen-bond acceptors (Lipinski definition) is 5. The molecular weight excluding hydrogens is 450 g/mol. The Kier molecular flexibility index (Phi) is 9.21. The molecule has 1 N–H and O–H groups in total. The highest BCUT2D eigenvalue weighted by Gasteiger charge is 2.22. The summed E-state index contributed by atoms with van der Waals surface area (Å²) in [7, 11) is 1.40. The van der Waals surface area contributed by atoms with E-state index in [0.29, 0.717) is 12.5 Å². The van der Waals surface area contributed by atoms with E-state index in [2.05, 4.69) is 62.3 Å². The summed E-state index contributed by atoms with van der Waals surface area (Å²) in [4.78, 5) is 29.7. The molecule has 0 saturated carbocycles. The summed E-state index contributed by atoms with van der Waals surface area (Å²) in [5, 5.41) is 3.57. The second-order valence-electron chi connectivity index (χ2n) is 10.2. The van der Waals surface area contributed by atoms with Crippen LogP contribution in [0.5, 0.6) is 0 Å². The van der Waals surface area contributed by atoms with Gasteiger partial charge in [-0.15, -0.1) is 0 Å². The Bertz CT molecular complexity index is 1240. The number of pyridine rings is 2. The van der Waals surface area contributed by atoms with Crippen molar-refractivity contribution < 1.29 is 9.53 Å². The number of aryl methyl sites for hydroxylation is 4. The molecule has 6 heteroatoms. The highest BCUT2D eigenvalue weighted by molar-refractivity contribution is 5.72. The maximum Gasteiger partial charge on any atom is 0.307 e. The molecular formula is C30H39N3O3. The van der Waals surface area contributed by atoms with Crippen molar-refractivity contribution in [2.45, 2.75) is 66.5 Å². The molecule has 0 spiro atoms. The molecule has 0 saturated heterocycles. The van der Waals surface area contributed by atoms with Gasteiger partial charge in [0.25, 0.3) is 5.56 Å². The van der Waals surface area contributed by atoms with Crippen molar-refractivity contribution in [3.05, 3.63) is 87.1 Å². The molecule has 0 unspecified atom stereocenters. The lowest BCUT2D eigenvalue weighted by Crippen LogP contribution is -2.35. The molecule has 192 valence electrons. The predicted molar refractivity (Wildman–Crippen MR) is 145 cm³/mol. The summed E-state index contributed by atoms with van der Waals surface area (Å²) >= 11 is 0. The highest BCUT2D eigenvalue weighted by Crippen LogP contribution is 2.29. The molecule has 0 amide bonds. The fourth-order valence-electron chi connectivity index (χ4n) is 4.76. The molecule has 1 aromatic carbocycles. The van der Waals surface area contributed by atoms with E-state index in [4.69, 9.17) is 4.74 Å². The van der Waals surface area contributed by atoms with Crippen LogP contribution in [0.25, 0.3) is 11.1 Å². The average Bonchev–Trinajstić information content (AvgIpc) is 2.83. The summed E-state index contributed by atoms with van der Waals surface area (Å²) in [6.45, 7) is 13.0. The van der Waals surface area contributed by atoms with Crippen LogP contribution in [0.2, 0.25) is 0 Å². The van der Waals surface area contributed by atoms with Crippen molar-refractivity contribution in [2.75, 3.05) is 13.7 Å². The Labute approximate surface area is 214 Å². The molecule has 6 nitrogen and oxygen atoms in total. The van der Waals surface area contributed by atoms with E-state index in [0.717, 1.165) is 34.2 Å². The van der Waals surface area contributed by atoms with E-state index >= 15 is 0 Å².